The van der Waals surface area contributed by atoms with Crippen LogP contribution in [0.2, 0.25) is 0 Å². The van der Waals surface area contributed by atoms with E-state index in [0.717, 1.165) is 38.5 Å². The van der Waals surface area contributed by atoms with Gasteiger partial charge in [0.05, 0.1) is 10.5 Å². The molecule has 2 aliphatic rings. The first-order valence-corrected chi connectivity index (χ1v) is 11.3. The lowest BCUT2D eigenvalue weighted by Crippen LogP contribution is -2.46. The number of nitrogens with one attached hydrogen (secondary N) is 2. The van der Waals surface area contributed by atoms with Gasteiger partial charge in [-0.3, -0.25) is 4.79 Å². The van der Waals surface area contributed by atoms with Crippen LogP contribution in [0.4, 0.5) is 0 Å². The topological polar surface area (TPSA) is 95.5 Å². The zero-order valence-corrected chi connectivity index (χ0v) is 16.9. The van der Waals surface area contributed by atoms with E-state index < -0.39 is 15.6 Å². The third-order valence-electron chi connectivity index (χ3n) is 5.75. The van der Waals surface area contributed by atoms with E-state index in [1.807, 2.05) is 0 Å². The highest BCUT2D eigenvalue weighted by Crippen LogP contribution is 2.32. The molecule has 27 heavy (non-hydrogen) atoms. The molecule has 0 aromatic heterocycles. The Morgan fingerprint density at radius 2 is 1.85 bits per heavy atom. The molecule has 6 nitrogen and oxygen atoms in total. The predicted molar refractivity (Wildman–Crippen MR) is 104 cm³/mol. The molecule has 1 aromatic carbocycles. The Balaban J connectivity index is 1.69. The summed E-state index contributed by atoms with van der Waals surface area (Å²) < 4.78 is 27.5. The summed E-state index contributed by atoms with van der Waals surface area (Å²) in [7, 11) is -3.61. The number of aliphatic hydroxyl groups is 1. The average molecular weight is 395 g/mol. The van der Waals surface area contributed by atoms with Crippen molar-refractivity contribution in [2.75, 3.05) is 6.54 Å². The molecule has 2 aliphatic carbocycles. The van der Waals surface area contributed by atoms with Crippen LogP contribution >= 0.6 is 0 Å². The molecule has 0 heterocycles. The molecular formula is C20H30N2O4S. The second-order valence-electron chi connectivity index (χ2n) is 8.25. The number of rotatable bonds is 7. The molecule has 0 spiro atoms. The van der Waals surface area contributed by atoms with Crippen LogP contribution < -0.4 is 10.0 Å². The van der Waals surface area contributed by atoms with Crippen LogP contribution in [0.5, 0.6) is 0 Å². The van der Waals surface area contributed by atoms with Gasteiger partial charge >= 0.3 is 0 Å². The van der Waals surface area contributed by atoms with Gasteiger partial charge in [0.25, 0.3) is 5.91 Å². The van der Waals surface area contributed by atoms with E-state index >= 15 is 0 Å². The number of amides is 1. The Bertz CT molecular complexity index is 794. The highest BCUT2D eigenvalue weighted by atomic mass is 32.2. The standard InChI is InChI=1S/C20H30N2O4S/c1-14-8-11-17(27(25,26)22-16-9-10-16)12-18(14)19(23)21-13-20(2,24)15-6-4-3-5-7-15/h8,11-12,15-16,22,24H,3-7,9-10,13H2,1-2H3,(H,21,23). The van der Waals surface area contributed by atoms with Gasteiger partial charge in [-0.15, -0.1) is 0 Å². The minimum Gasteiger partial charge on any atom is -0.388 e. The summed E-state index contributed by atoms with van der Waals surface area (Å²) in [5.74, 6) is -0.172. The molecule has 1 atom stereocenters. The van der Waals surface area contributed by atoms with Gasteiger partial charge in [-0.2, -0.15) is 0 Å². The van der Waals surface area contributed by atoms with Gasteiger partial charge in [-0.25, -0.2) is 13.1 Å². The van der Waals surface area contributed by atoms with Crippen LogP contribution in [0.3, 0.4) is 0 Å². The highest BCUT2D eigenvalue weighted by molar-refractivity contribution is 7.89. The molecule has 2 saturated carbocycles. The van der Waals surface area contributed by atoms with Crippen LogP contribution in [0, 0.1) is 12.8 Å². The summed E-state index contributed by atoms with van der Waals surface area (Å²) >= 11 is 0. The van der Waals surface area contributed by atoms with Crippen molar-refractivity contribution in [3.8, 4) is 0 Å². The molecule has 0 saturated heterocycles. The van der Waals surface area contributed by atoms with Crippen LogP contribution in [-0.4, -0.2) is 37.6 Å². The fourth-order valence-electron chi connectivity index (χ4n) is 3.72. The summed E-state index contributed by atoms with van der Waals surface area (Å²) in [6, 6.07) is 4.61. The molecule has 150 valence electrons. The predicted octanol–water partition coefficient (Wildman–Crippen LogP) is 2.50. The van der Waals surface area contributed by atoms with Crippen LogP contribution in [0.25, 0.3) is 0 Å². The minimum atomic E-state index is -3.61. The van der Waals surface area contributed by atoms with Gasteiger partial charge in [0.1, 0.15) is 0 Å². The zero-order chi connectivity index (χ0) is 19.7. The van der Waals surface area contributed by atoms with Crippen molar-refractivity contribution in [1.29, 1.82) is 0 Å². The number of aryl methyl sites for hydroxylation is 1. The van der Waals surface area contributed by atoms with Crippen LogP contribution in [0.1, 0.15) is 67.8 Å². The first-order chi connectivity index (χ1) is 12.7. The van der Waals surface area contributed by atoms with E-state index in [9.17, 15) is 18.3 Å². The normalized spacial score (nSPS) is 20.9. The summed E-state index contributed by atoms with van der Waals surface area (Å²) in [5.41, 5.74) is 0.0737. The van der Waals surface area contributed by atoms with E-state index in [0.29, 0.717) is 11.1 Å². The maximum Gasteiger partial charge on any atom is 0.251 e. The summed E-state index contributed by atoms with van der Waals surface area (Å²) in [4.78, 5) is 12.8. The monoisotopic (exact) mass is 394 g/mol. The average Bonchev–Trinajstić information content (AvgIpc) is 3.44. The van der Waals surface area contributed by atoms with Gasteiger partial charge in [0, 0.05) is 18.2 Å². The first kappa shape index (κ1) is 20.3. The fourth-order valence-corrected chi connectivity index (χ4v) is 5.06. The van der Waals surface area contributed by atoms with Gasteiger partial charge < -0.3 is 10.4 Å². The van der Waals surface area contributed by atoms with Crippen molar-refractivity contribution < 1.29 is 18.3 Å². The molecule has 1 unspecified atom stereocenters. The van der Waals surface area contributed by atoms with Crippen LogP contribution in [0.15, 0.2) is 23.1 Å². The lowest BCUT2D eigenvalue weighted by Gasteiger charge is -2.35. The van der Waals surface area contributed by atoms with Crippen molar-refractivity contribution >= 4 is 15.9 Å². The summed E-state index contributed by atoms with van der Waals surface area (Å²) in [5, 5.41) is 13.6. The molecule has 1 aromatic rings. The minimum absolute atomic E-state index is 0.0131. The van der Waals surface area contributed by atoms with Crippen molar-refractivity contribution in [2.45, 2.75) is 75.3 Å². The molecular weight excluding hydrogens is 364 g/mol. The molecule has 3 N–H and O–H groups in total. The van der Waals surface area contributed by atoms with E-state index in [4.69, 9.17) is 0 Å². The quantitative estimate of drug-likeness (QED) is 0.662. The number of hydrogen-bond acceptors (Lipinski definition) is 4. The third kappa shape index (κ3) is 5.09. The Morgan fingerprint density at radius 3 is 2.48 bits per heavy atom. The van der Waals surface area contributed by atoms with Gasteiger partial charge in [0.2, 0.25) is 10.0 Å². The SMILES string of the molecule is Cc1ccc(S(=O)(=O)NC2CC2)cc1C(=O)NCC(C)(O)C1CCCCC1. The van der Waals surface area contributed by atoms with E-state index in [2.05, 4.69) is 10.0 Å². The second-order valence-corrected chi connectivity index (χ2v) is 9.96. The van der Waals surface area contributed by atoms with Crippen molar-refractivity contribution in [1.82, 2.24) is 10.0 Å². The van der Waals surface area contributed by atoms with E-state index in [1.54, 1.807) is 19.9 Å². The number of benzene rings is 1. The zero-order valence-electron chi connectivity index (χ0n) is 16.1. The smallest absolute Gasteiger partial charge is 0.251 e. The lowest BCUT2D eigenvalue weighted by molar-refractivity contribution is -0.0143. The molecule has 0 radical (unpaired) electrons. The Kier molecular flexibility index (Phi) is 5.93. The van der Waals surface area contributed by atoms with Crippen molar-refractivity contribution in [3.63, 3.8) is 0 Å². The molecule has 0 aliphatic heterocycles. The molecule has 1 amide bonds. The maximum absolute atomic E-state index is 12.7. The Hall–Kier alpha value is -1.44. The summed E-state index contributed by atoms with van der Waals surface area (Å²) in [6.07, 6.45) is 7.09. The lowest BCUT2D eigenvalue weighted by atomic mass is 9.78. The highest BCUT2D eigenvalue weighted by Gasteiger charge is 2.33. The maximum atomic E-state index is 12.7. The number of carbonyl (C=O) groups excluding carboxylic acids is 1. The van der Waals surface area contributed by atoms with Crippen molar-refractivity contribution in [2.24, 2.45) is 5.92 Å². The van der Waals surface area contributed by atoms with Gasteiger partial charge in [0.15, 0.2) is 0 Å². The first-order valence-electron chi connectivity index (χ1n) is 9.82. The Morgan fingerprint density at radius 1 is 1.19 bits per heavy atom. The molecule has 3 rings (SSSR count). The Labute approximate surface area is 161 Å². The second kappa shape index (κ2) is 7.89. The molecule has 7 heteroatoms. The molecule has 0 bridgehead atoms. The number of sulfonamides is 1. The van der Waals surface area contributed by atoms with E-state index in [-0.39, 0.29) is 29.3 Å². The number of hydrogen-bond donors (Lipinski definition) is 3. The fraction of sp³-hybridized carbons (Fsp3) is 0.650. The number of carbonyl (C=O) groups is 1. The van der Waals surface area contributed by atoms with Crippen LogP contribution in [-0.2, 0) is 10.0 Å². The largest absolute Gasteiger partial charge is 0.388 e. The third-order valence-corrected chi connectivity index (χ3v) is 7.27. The van der Waals surface area contributed by atoms with E-state index in [1.165, 1.54) is 18.6 Å². The summed E-state index contributed by atoms with van der Waals surface area (Å²) in [6.45, 7) is 3.71. The molecule has 2 fully saturated rings. The van der Waals surface area contributed by atoms with Gasteiger partial charge in [-0.05, 0) is 63.1 Å². The van der Waals surface area contributed by atoms with Gasteiger partial charge in [-0.1, -0.05) is 25.3 Å². The van der Waals surface area contributed by atoms with Crippen molar-refractivity contribution in [3.05, 3.63) is 29.3 Å².